The highest BCUT2D eigenvalue weighted by Crippen LogP contribution is 2.24. The third-order valence-electron chi connectivity index (χ3n) is 3.03. The van der Waals surface area contributed by atoms with E-state index in [2.05, 4.69) is 10.1 Å². The fraction of sp³-hybridized carbons (Fsp3) is 0.467. The molecule has 0 bridgehead atoms. The minimum absolute atomic E-state index is 0.225. The van der Waals surface area contributed by atoms with Crippen LogP contribution in [0.2, 0.25) is 0 Å². The summed E-state index contributed by atoms with van der Waals surface area (Å²) in [4.78, 5) is 4.30. The molecule has 2 N–H and O–H groups in total. The van der Waals surface area contributed by atoms with E-state index in [1.54, 1.807) is 0 Å². The van der Waals surface area contributed by atoms with Crippen molar-refractivity contribution >= 4 is 0 Å². The van der Waals surface area contributed by atoms with Gasteiger partial charge in [-0.15, -0.1) is 0 Å². The molecule has 2 rings (SSSR count). The zero-order chi connectivity index (χ0) is 14.5. The zero-order valence-electron chi connectivity index (χ0n) is 12.2. The summed E-state index contributed by atoms with van der Waals surface area (Å²) in [7, 11) is 0. The molecule has 5 nitrogen and oxygen atoms in total. The lowest BCUT2D eigenvalue weighted by molar-refractivity contribution is 0.280. The van der Waals surface area contributed by atoms with Gasteiger partial charge in [0.25, 0.3) is 0 Å². The molecule has 0 saturated carbocycles. The second-order valence-corrected chi connectivity index (χ2v) is 5.09. The van der Waals surface area contributed by atoms with E-state index in [0.29, 0.717) is 24.9 Å². The Bertz CT molecular complexity index is 564. The van der Waals surface area contributed by atoms with Crippen molar-refractivity contribution in [3.05, 3.63) is 41.0 Å². The summed E-state index contributed by atoms with van der Waals surface area (Å²) >= 11 is 0. The molecule has 0 atom stereocenters. The van der Waals surface area contributed by atoms with Gasteiger partial charge in [-0.2, -0.15) is 4.98 Å². The normalized spacial score (nSPS) is 11.1. The summed E-state index contributed by atoms with van der Waals surface area (Å²) in [6.45, 7) is 6.95. The molecule has 0 saturated heterocycles. The summed E-state index contributed by atoms with van der Waals surface area (Å²) in [6, 6.07) is 6.06. The molecule has 0 aliphatic carbocycles. The molecule has 0 fully saturated rings. The molecular weight excluding hydrogens is 254 g/mol. The Morgan fingerprint density at radius 3 is 2.80 bits per heavy atom. The standard InChI is InChI=1S/C15H21N3O2/c1-10(2)15-17-13(18-20-15)9-19-14-11(3)5-4-6-12(14)7-8-16/h4-6,10H,7-9,16H2,1-3H3. The number of benzene rings is 1. The van der Waals surface area contributed by atoms with Gasteiger partial charge in [0.05, 0.1) is 0 Å². The quantitative estimate of drug-likeness (QED) is 0.877. The summed E-state index contributed by atoms with van der Waals surface area (Å²) in [5.41, 5.74) is 7.83. The number of hydrogen-bond acceptors (Lipinski definition) is 5. The first-order valence-corrected chi connectivity index (χ1v) is 6.85. The molecule has 0 spiro atoms. The highest BCUT2D eigenvalue weighted by Gasteiger charge is 2.12. The van der Waals surface area contributed by atoms with Gasteiger partial charge in [0.2, 0.25) is 11.7 Å². The van der Waals surface area contributed by atoms with Crippen molar-refractivity contribution in [1.82, 2.24) is 10.1 Å². The SMILES string of the molecule is Cc1cccc(CCN)c1OCc1noc(C(C)C)n1. The Balaban J connectivity index is 2.09. The van der Waals surface area contributed by atoms with E-state index >= 15 is 0 Å². The molecule has 0 aliphatic heterocycles. The lowest BCUT2D eigenvalue weighted by Gasteiger charge is -2.12. The first-order valence-electron chi connectivity index (χ1n) is 6.85. The van der Waals surface area contributed by atoms with Crippen LogP contribution in [0, 0.1) is 6.92 Å². The molecule has 2 aromatic rings. The van der Waals surface area contributed by atoms with Crippen LogP contribution in [0.25, 0.3) is 0 Å². The second kappa shape index (κ2) is 6.52. The number of aryl methyl sites for hydroxylation is 1. The van der Waals surface area contributed by atoms with E-state index < -0.39 is 0 Å². The highest BCUT2D eigenvalue weighted by atomic mass is 16.5. The van der Waals surface area contributed by atoms with Gasteiger partial charge in [-0.25, -0.2) is 0 Å². The van der Waals surface area contributed by atoms with E-state index in [1.807, 2.05) is 39.0 Å². The first-order chi connectivity index (χ1) is 9.61. The third kappa shape index (κ3) is 3.36. The Hall–Kier alpha value is -1.88. The molecule has 0 radical (unpaired) electrons. The molecule has 1 aromatic heterocycles. The molecule has 0 unspecified atom stereocenters. The molecule has 5 heteroatoms. The Labute approximate surface area is 119 Å². The fourth-order valence-corrected chi connectivity index (χ4v) is 1.97. The maximum absolute atomic E-state index is 5.86. The van der Waals surface area contributed by atoms with E-state index in [1.165, 1.54) is 0 Å². The second-order valence-electron chi connectivity index (χ2n) is 5.09. The van der Waals surface area contributed by atoms with Gasteiger partial charge in [-0.1, -0.05) is 37.2 Å². The van der Waals surface area contributed by atoms with Crippen molar-refractivity contribution in [3.63, 3.8) is 0 Å². The first kappa shape index (κ1) is 14.5. The van der Waals surface area contributed by atoms with Gasteiger partial charge >= 0.3 is 0 Å². The molecule has 1 heterocycles. The lowest BCUT2D eigenvalue weighted by Crippen LogP contribution is -2.07. The number of ether oxygens (including phenoxy) is 1. The van der Waals surface area contributed by atoms with Crippen LogP contribution in [0.15, 0.2) is 22.7 Å². The van der Waals surface area contributed by atoms with E-state index in [-0.39, 0.29) is 5.92 Å². The number of nitrogens with zero attached hydrogens (tertiary/aromatic N) is 2. The number of nitrogens with two attached hydrogens (primary N) is 1. The van der Waals surface area contributed by atoms with E-state index in [0.717, 1.165) is 23.3 Å². The van der Waals surface area contributed by atoms with Gasteiger partial charge in [-0.3, -0.25) is 0 Å². The van der Waals surface area contributed by atoms with E-state index in [9.17, 15) is 0 Å². The Morgan fingerprint density at radius 1 is 1.35 bits per heavy atom. The van der Waals surface area contributed by atoms with Crippen molar-refractivity contribution in [3.8, 4) is 5.75 Å². The van der Waals surface area contributed by atoms with Crippen molar-refractivity contribution in [2.24, 2.45) is 5.73 Å². The topological polar surface area (TPSA) is 74.2 Å². The molecule has 0 aliphatic rings. The largest absolute Gasteiger partial charge is 0.485 e. The van der Waals surface area contributed by atoms with Gasteiger partial charge in [0, 0.05) is 5.92 Å². The number of para-hydroxylation sites is 1. The summed E-state index contributed by atoms with van der Waals surface area (Å²) in [6.07, 6.45) is 0.792. The smallest absolute Gasteiger partial charge is 0.229 e. The average molecular weight is 275 g/mol. The fourth-order valence-electron chi connectivity index (χ4n) is 1.97. The van der Waals surface area contributed by atoms with Gasteiger partial charge < -0.3 is 15.0 Å². The maximum atomic E-state index is 5.86. The minimum Gasteiger partial charge on any atom is -0.485 e. The monoisotopic (exact) mass is 275 g/mol. The number of rotatable bonds is 6. The van der Waals surface area contributed by atoms with Crippen molar-refractivity contribution in [2.45, 2.75) is 39.7 Å². The van der Waals surface area contributed by atoms with Crippen LogP contribution < -0.4 is 10.5 Å². The summed E-state index contributed by atoms with van der Waals surface area (Å²) < 4.78 is 11.0. The average Bonchev–Trinajstić information content (AvgIpc) is 2.87. The number of aromatic nitrogens is 2. The van der Waals surface area contributed by atoms with Crippen LogP contribution in [-0.2, 0) is 13.0 Å². The summed E-state index contributed by atoms with van der Waals surface area (Å²) in [5, 5.41) is 3.92. The minimum atomic E-state index is 0.225. The zero-order valence-corrected chi connectivity index (χ0v) is 12.2. The van der Waals surface area contributed by atoms with Crippen LogP contribution in [0.1, 0.15) is 42.6 Å². The predicted octanol–water partition coefficient (Wildman–Crippen LogP) is 2.58. The lowest BCUT2D eigenvalue weighted by atomic mass is 10.1. The van der Waals surface area contributed by atoms with Crippen LogP contribution in [0.5, 0.6) is 5.75 Å². The Kier molecular flexibility index (Phi) is 4.74. The predicted molar refractivity (Wildman–Crippen MR) is 76.7 cm³/mol. The van der Waals surface area contributed by atoms with Crippen molar-refractivity contribution in [2.75, 3.05) is 6.54 Å². The highest BCUT2D eigenvalue weighted by molar-refractivity contribution is 5.41. The van der Waals surface area contributed by atoms with Crippen LogP contribution >= 0.6 is 0 Å². The van der Waals surface area contributed by atoms with Crippen LogP contribution in [-0.4, -0.2) is 16.7 Å². The Morgan fingerprint density at radius 2 is 2.15 bits per heavy atom. The molecule has 20 heavy (non-hydrogen) atoms. The molecule has 108 valence electrons. The van der Waals surface area contributed by atoms with Crippen molar-refractivity contribution in [1.29, 1.82) is 0 Å². The van der Waals surface area contributed by atoms with Gasteiger partial charge in [-0.05, 0) is 31.0 Å². The molecular formula is C15H21N3O2. The van der Waals surface area contributed by atoms with Gasteiger partial charge in [0.15, 0.2) is 6.61 Å². The van der Waals surface area contributed by atoms with Gasteiger partial charge in [0.1, 0.15) is 5.75 Å². The summed E-state index contributed by atoms with van der Waals surface area (Å²) in [5.74, 6) is 2.29. The van der Waals surface area contributed by atoms with Crippen molar-refractivity contribution < 1.29 is 9.26 Å². The maximum Gasteiger partial charge on any atom is 0.229 e. The van der Waals surface area contributed by atoms with Crippen LogP contribution in [0.3, 0.4) is 0 Å². The number of hydrogen-bond donors (Lipinski definition) is 1. The van der Waals surface area contributed by atoms with Crippen LogP contribution in [0.4, 0.5) is 0 Å². The molecule has 1 aromatic carbocycles. The van der Waals surface area contributed by atoms with E-state index in [4.69, 9.17) is 15.0 Å². The third-order valence-corrected chi connectivity index (χ3v) is 3.03. The molecule has 0 amide bonds.